The number of halogens is 1. The maximum Gasteiger partial charge on any atom is 0.226 e. The van der Waals surface area contributed by atoms with Crippen LogP contribution in [0, 0.1) is 6.92 Å². The number of hydrogen-bond acceptors (Lipinski definition) is 4. The lowest BCUT2D eigenvalue weighted by Crippen LogP contribution is -2.11. The fourth-order valence-corrected chi connectivity index (χ4v) is 2.37. The largest absolute Gasteiger partial charge is 0.301 e. The van der Waals surface area contributed by atoms with Crippen molar-refractivity contribution in [3.8, 4) is 0 Å². The van der Waals surface area contributed by atoms with Crippen LogP contribution in [0.2, 0.25) is 5.02 Å². The normalized spacial score (nSPS) is 10.4. The summed E-state index contributed by atoms with van der Waals surface area (Å²) in [7, 11) is 0. The molecule has 1 aromatic heterocycles. The molecule has 2 rings (SSSR count). The van der Waals surface area contributed by atoms with Crippen molar-refractivity contribution < 1.29 is 4.79 Å². The first-order valence-corrected chi connectivity index (χ1v) is 7.17. The summed E-state index contributed by atoms with van der Waals surface area (Å²) in [5.74, 6) is -0.0230. The lowest BCUT2D eigenvalue weighted by molar-refractivity contribution is -0.116. The summed E-state index contributed by atoms with van der Waals surface area (Å²) in [4.78, 5) is 11.7. The number of hydrogen-bond donors (Lipinski definition) is 1. The third-order valence-electron chi connectivity index (χ3n) is 2.55. The fourth-order valence-electron chi connectivity index (χ4n) is 1.63. The number of rotatable bonds is 5. The van der Waals surface area contributed by atoms with Crippen LogP contribution in [0.25, 0.3) is 0 Å². The van der Waals surface area contributed by atoms with E-state index < -0.39 is 0 Å². The third kappa shape index (κ3) is 4.61. The Hall–Kier alpha value is -1.46. The summed E-state index contributed by atoms with van der Waals surface area (Å²) in [5.41, 5.74) is 1.18. The topological polar surface area (TPSA) is 54.9 Å². The van der Waals surface area contributed by atoms with Gasteiger partial charge in [0.25, 0.3) is 0 Å². The van der Waals surface area contributed by atoms with Gasteiger partial charge in [-0.3, -0.25) is 4.79 Å². The highest BCUT2D eigenvalue weighted by molar-refractivity contribution is 7.15. The monoisotopic (exact) mass is 295 g/mol. The molecule has 0 aliphatic rings. The van der Waals surface area contributed by atoms with E-state index in [-0.39, 0.29) is 5.91 Å². The summed E-state index contributed by atoms with van der Waals surface area (Å²) < 4.78 is 0. The van der Waals surface area contributed by atoms with Crippen molar-refractivity contribution in [2.45, 2.75) is 26.2 Å². The van der Waals surface area contributed by atoms with Crippen LogP contribution in [0.4, 0.5) is 5.13 Å². The van der Waals surface area contributed by atoms with Crippen molar-refractivity contribution in [2.24, 2.45) is 0 Å². The number of nitrogens with zero attached hydrogens (tertiary/aromatic N) is 2. The minimum atomic E-state index is -0.0230. The molecule has 1 heterocycles. The first-order valence-electron chi connectivity index (χ1n) is 5.98. The average Bonchev–Trinajstić information content (AvgIpc) is 2.77. The lowest BCUT2D eigenvalue weighted by Gasteiger charge is -2.02. The number of carbonyl (C=O) groups is 1. The average molecular weight is 296 g/mol. The van der Waals surface area contributed by atoms with Gasteiger partial charge in [-0.15, -0.1) is 10.2 Å². The van der Waals surface area contributed by atoms with Crippen molar-refractivity contribution in [3.05, 3.63) is 39.9 Å². The molecule has 0 atom stereocenters. The Morgan fingerprint density at radius 1 is 1.32 bits per heavy atom. The molecule has 0 aliphatic carbocycles. The highest BCUT2D eigenvalue weighted by atomic mass is 35.5. The van der Waals surface area contributed by atoms with Gasteiger partial charge in [-0.2, -0.15) is 0 Å². The Kier molecular flexibility index (Phi) is 4.87. The van der Waals surface area contributed by atoms with E-state index in [0.29, 0.717) is 11.6 Å². The molecule has 1 N–H and O–H groups in total. The predicted molar refractivity (Wildman–Crippen MR) is 77.7 cm³/mol. The Bertz CT molecular complexity index is 553. The minimum absolute atomic E-state index is 0.0230. The number of benzene rings is 1. The Morgan fingerprint density at radius 3 is 2.68 bits per heavy atom. The zero-order valence-electron chi connectivity index (χ0n) is 10.5. The van der Waals surface area contributed by atoms with E-state index in [2.05, 4.69) is 15.5 Å². The maximum absolute atomic E-state index is 11.7. The summed E-state index contributed by atoms with van der Waals surface area (Å²) in [6, 6.07) is 7.69. The first-order chi connectivity index (χ1) is 9.13. The van der Waals surface area contributed by atoms with Crippen LogP contribution >= 0.6 is 22.9 Å². The molecule has 0 unspecified atom stereocenters. The van der Waals surface area contributed by atoms with Gasteiger partial charge in [0, 0.05) is 11.4 Å². The van der Waals surface area contributed by atoms with Crippen molar-refractivity contribution in [3.63, 3.8) is 0 Å². The summed E-state index contributed by atoms with van der Waals surface area (Å²) in [6.45, 7) is 1.86. The van der Waals surface area contributed by atoms with Crippen LogP contribution < -0.4 is 5.32 Å². The molecular formula is C13H14ClN3OS. The van der Waals surface area contributed by atoms with E-state index in [0.717, 1.165) is 22.9 Å². The van der Waals surface area contributed by atoms with Crippen molar-refractivity contribution in [1.82, 2.24) is 10.2 Å². The number of carbonyl (C=O) groups excluding carboxylic acids is 1. The van der Waals surface area contributed by atoms with Gasteiger partial charge in [0.15, 0.2) is 0 Å². The molecule has 19 heavy (non-hydrogen) atoms. The summed E-state index contributed by atoms with van der Waals surface area (Å²) in [6.07, 6.45) is 2.13. The number of aromatic nitrogens is 2. The number of nitrogens with one attached hydrogen (secondary N) is 1. The van der Waals surface area contributed by atoms with Crippen molar-refractivity contribution >= 4 is 34.0 Å². The molecule has 0 saturated heterocycles. The zero-order valence-corrected chi connectivity index (χ0v) is 12.1. The van der Waals surface area contributed by atoms with Gasteiger partial charge in [0.2, 0.25) is 11.0 Å². The van der Waals surface area contributed by atoms with E-state index in [1.54, 1.807) is 0 Å². The van der Waals surface area contributed by atoms with E-state index in [1.807, 2.05) is 31.2 Å². The molecule has 2 aromatic rings. The van der Waals surface area contributed by atoms with Gasteiger partial charge in [0.05, 0.1) is 0 Å². The smallest absolute Gasteiger partial charge is 0.226 e. The molecule has 0 radical (unpaired) electrons. The fraction of sp³-hybridized carbons (Fsp3) is 0.308. The standard InChI is InChI=1S/C13H14ClN3OS/c1-9-16-17-13(19-9)15-12(18)4-2-3-10-5-7-11(14)8-6-10/h5-8H,2-4H2,1H3,(H,15,17,18). The second-order valence-electron chi connectivity index (χ2n) is 4.15. The second-order valence-corrected chi connectivity index (χ2v) is 5.77. The highest BCUT2D eigenvalue weighted by Crippen LogP contribution is 2.15. The summed E-state index contributed by atoms with van der Waals surface area (Å²) in [5, 5.41) is 12.6. The number of aryl methyl sites for hydroxylation is 2. The van der Waals surface area contributed by atoms with Crippen LogP contribution in [0.1, 0.15) is 23.4 Å². The van der Waals surface area contributed by atoms with Gasteiger partial charge in [-0.1, -0.05) is 35.1 Å². The van der Waals surface area contributed by atoms with Gasteiger partial charge in [-0.25, -0.2) is 0 Å². The SMILES string of the molecule is Cc1nnc(NC(=O)CCCc2ccc(Cl)cc2)s1. The number of amides is 1. The van der Waals surface area contributed by atoms with Crippen LogP contribution in [0.15, 0.2) is 24.3 Å². The van der Waals surface area contributed by atoms with E-state index in [1.165, 1.54) is 16.9 Å². The quantitative estimate of drug-likeness (QED) is 0.919. The molecule has 1 amide bonds. The van der Waals surface area contributed by atoms with Gasteiger partial charge in [0.1, 0.15) is 5.01 Å². The summed E-state index contributed by atoms with van der Waals surface area (Å²) >= 11 is 7.19. The second kappa shape index (κ2) is 6.63. The van der Waals surface area contributed by atoms with Crippen LogP contribution in [-0.4, -0.2) is 16.1 Å². The molecule has 0 aliphatic heterocycles. The van der Waals surface area contributed by atoms with Gasteiger partial charge >= 0.3 is 0 Å². The van der Waals surface area contributed by atoms with E-state index in [9.17, 15) is 4.79 Å². The van der Waals surface area contributed by atoms with E-state index in [4.69, 9.17) is 11.6 Å². The Labute approximate surface area is 120 Å². The van der Waals surface area contributed by atoms with E-state index >= 15 is 0 Å². The lowest BCUT2D eigenvalue weighted by atomic mass is 10.1. The van der Waals surface area contributed by atoms with Crippen LogP contribution in [0.5, 0.6) is 0 Å². The molecule has 100 valence electrons. The third-order valence-corrected chi connectivity index (χ3v) is 3.56. The molecule has 6 heteroatoms. The number of anilines is 1. The maximum atomic E-state index is 11.7. The molecule has 0 saturated carbocycles. The molecule has 0 spiro atoms. The zero-order chi connectivity index (χ0) is 13.7. The van der Waals surface area contributed by atoms with Gasteiger partial charge < -0.3 is 5.32 Å². The molecule has 1 aromatic carbocycles. The van der Waals surface area contributed by atoms with Crippen LogP contribution in [-0.2, 0) is 11.2 Å². The minimum Gasteiger partial charge on any atom is -0.301 e. The van der Waals surface area contributed by atoms with Crippen LogP contribution in [0.3, 0.4) is 0 Å². The van der Waals surface area contributed by atoms with Crippen molar-refractivity contribution in [2.75, 3.05) is 5.32 Å². The molecular weight excluding hydrogens is 282 g/mol. The molecule has 0 fully saturated rings. The molecule has 0 bridgehead atoms. The Balaban J connectivity index is 1.73. The predicted octanol–water partition coefficient (Wildman–Crippen LogP) is 3.46. The highest BCUT2D eigenvalue weighted by Gasteiger charge is 2.06. The molecule has 4 nitrogen and oxygen atoms in total. The first kappa shape index (κ1) is 14.0. The van der Waals surface area contributed by atoms with Gasteiger partial charge in [-0.05, 0) is 37.5 Å². The van der Waals surface area contributed by atoms with Crippen molar-refractivity contribution in [1.29, 1.82) is 0 Å². The Morgan fingerprint density at radius 2 is 2.05 bits per heavy atom.